The third-order valence-corrected chi connectivity index (χ3v) is 7.76. The molecule has 29 heavy (non-hydrogen) atoms. The maximum Gasteiger partial charge on any atom is 0.312 e. The largest absolute Gasteiger partial charge is 0.455 e. The summed E-state index contributed by atoms with van der Waals surface area (Å²) in [6, 6.07) is 6.15. The first-order valence-corrected chi connectivity index (χ1v) is 11.3. The van der Waals surface area contributed by atoms with Gasteiger partial charge in [-0.1, -0.05) is 0 Å². The molecule has 5 aliphatic rings. The summed E-state index contributed by atoms with van der Waals surface area (Å²) in [5.74, 6) is 1.70. The molecule has 156 valence electrons. The molecule has 5 heteroatoms. The van der Waals surface area contributed by atoms with E-state index in [0.29, 0.717) is 17.8 Å². The van der Waals surface area contributed by atoms with Crippen molar-refractivity contribution in [2.24, 2.45) is 23.2 Å². The molecule has 1 heterocycles. The minimum absolute atomic E-state index is 0.132. The zero-order valence-corrected chi connectivity index (χ0v) is 17.4. The first-order chi connectivity index (χ1) is 14.0. The molecule has 1 amide bonds. The lowest BCUT2D eigenvalue weighted by atomic mass is 9.49. The van der Waals surface area contributed by atoms with Gasteiger partial charge in [0.1, 0.15) is 0 Å². The number of hydrogen-bond acceptors (Lipinski definition) is 4. The normalized spacial score (nSPS) is 32.4. The second-order valence-electron chi connectivity index (χ2n) is 10.0. The molecule has 0 aromatic heterocycles. The Balaban J connectivity index is 1.17. The number of aryl methyl sites for hydroxylation is 1. The molecular formula is C24H32N2O3. The number of ether oxygens (including phenoxy) is 1. The number of esters is 1. The van der Waals surface area contributed by atoms with Crippen LogP contribution in [0.4, 0.5) is 11.4 Å². The topological polar surface area (TPSA) is 58.6 Å². The van der Waals surface area contributed by atoms with Crippen molar-refractivity contribution in [3.8, 4) is 0 Å². The summed E-state index contributed by atoms with van der Waals surface area (Å²) in [6.07, 6.45) is 9.27. The van der Waals surface area contributed by atoms with E-state index in [1.54, 1.807) is 0 Å². The number of nitrogens with one attached hydrogen (secondary N) is 1. The molecule has 0 radical (unpaired) electrons. The summed E-state index contributed by atoms with van der Waals surface area (Å²) in [5, 5.41) is 2.92. The SMILES string of the molecule is Cc1cc(N2CCCC2)ccc1NC(=O)COC(=O)C12CC3CC(CC(C3)C1)C2. The van der Waals surface area contributed by atoms with E-state index in [9.17, 15) is 9.59 Å². The van der Waals surface area contributed by atoms with Crippen molar-refractivity contribution in [1.82, 2.24) is 0 Å². The monoisotopic (exact) mass is 396 g/mol. The van der Waals surface area contributed by atoms with Crippen LogP contribution in [0.3, 0.4) is 0 Å². The van der Waals surface area contributed by atoms with E-state index in [2.05, 4.69) is 22.3 Å². The summed E-state index contributed by atoms with van der Waals surface area (Å²) < 4.78 is 5.55. The lowest BCUT2D eigenvalue weighted by Gasteiger charge is -2.55. The lowest BCUT2D eigenvalue weighted by molar-refractivity contribution is -0.172. The third-order valence-electron chi connectivity index (χ3n) is 7.76. The fraction of sp³-hybridized carbons (Fsp3) is 0.667. The molecule has 1 aromatic rings. The van der Waals surface area contributed by atoms with Gasteiger partial charge < -0.3 is 15.0 Å². The lowest BCUT2D eigenvalue weighted by Crippen LogP contribution is -2.50. The van der Waals surface area contributed by atoms with Gasteiger partial charge in [-0.15, -0.1) is 0 Å². The zero-order valence-electron chi connectivity index (χ0n) is 17.4. The van der Waals surface area contributed by atoms with Gasteiger partial charge in [0, 0.05) is 24.5 Å². The average Bonchev–Trinajstić information content (AvgIpc) is 3.21. The minimum Gasteiger partial charge on any atom is -0.455 e. The smallest absolute Gasteiger partial charge is 0.312 e. The van der Waals surface area contributed by atoms with Crippen LogP contribution in [0.2, 0.25) is 0 Å². The maximum atomic E-state index is 12.9. The van der Waals surface area contributed by atoms with Crippen molar-refractivity contribution in [3.63, 3.8) is 0 Å². The number of carbonyl (C=O) groups excluding carboxylic acids is 2. The summed E-state index contributed by atoms with van der Waals surface area (Å²) in [5.41, 5.74) is 2.74. The van der Waals surface area contributed by atoms with E-state index < -0.39 is 0 Å². The average molecular weight is 397 g/mol. The number of amides is 1. The predicted octanol–water partition coefficient (Wildman–Crippen LogP) is 4.29. The van der Waals surface area contributed by atoms with E-state index in [1.165, 1.54) is 37.8 Å². The van der Waals surface area contributed by atoms with Gasteiger partial charge in [0.05, 0.1) is 5.41 Å². The van der Waals surface area contributed by atoms with Gasteiger partial charge in [0.2, 0.25) is 0 Å². The van der Waals surface area contributed by atoms with Crippen LogP contribution in [0.5, 0.6) is 0 Å². The molecule has 1 saturated heterocycles. The Kier molecular flexibility index (Phi) is 4.79. The van der Waals surface area contributed by atoms with E-state index in [-0.39, 0.29) is 23.9 Å². The highest BCUT2D eigenvalue weighted by atomic mass is 16.5. The summed E-state index contributed by atoms with van der Waals surface area (Å²) in [7, 11) is 0. The van der Waals surface area contributed by atoms with Crippen molar-refractivity contribution in [2.45, 2.75) is 58.3 Å². The maximum absolute atomic E-state index is 12.9. The van der Waals surface area contributed by atoms with Gasteiger partial charge in [0.25, 0.3) is 5.91 Å². The molecule has 0 unspecified atom stereocenters. The van der Waals surface area contributed by atoms with E-state index in [1.807, 2.05) is 13.0 Å². The Hall–Kier alpha value is -2.04. The standard InChI is InChI=1S/C24H32N2O3/c1-16-8-20(26-6-2-3-7-26)4-5-21(16)25-22(27)15-29-23(28)24-12-17-9-18(13-24)11-19(10-17)14-24/h4-5,8,17-19H,2-3,6-7,9-15H2,1H3,(H,25,27). The molecule has 1 aliphatic heterocycles. The highest BCUT2D eigenvalue weighted by molar-refractivity contribution is 5.94. The molecule has 1 N–H and O–H groups in total. The van der Waals surface area contributed by atoms with Gasteiger partial charge in [-0.2, -0.15) is 0 Å². The Morgan fingerprint density at radius 2 is 1.69 bits per heavy atom. The van der Waals surface area contributed by atoms with E-state index in [0.717, 1.165) is 43.6 Å². The molecular weight excluding hydrogens is 364 g/mol. The van der Waals surface area contributed by atoms with Crippen LogP contribution in [0.1, 0.15) is 56.9 Å². The number of rotatable bonds is 5. The van der Waals surface area contributed by atoms with Gasteiger partial charge in [-0.25, -0.2) is 0 Å². The molecule has 0 spiro atoms. The van der Waals surface area contributed by atoms with Crippen LogP contribution >= 0.6 is 0 Å². The van der Waals surface area contributed by atoms with Gasteiger partial charge in [0.15, 0.2) is 6.61 Å². The predicted molar refractivity (Wildman–Crippen MR) is 113 cm³/mol. The first-order valence-electron chi connectivity index (χ1n) is 11.3. The van der Waals surface area contributed by atoms with Crippen LogP contribution in [-0.4, -0.2) is 31.6 Å². The number of carbonyl (C=O) groups is 2. The van der Waals surface area contributed by atoms with Crippen molar-refractivity contribution in [1.29, 1.82) is 0 Å². The highest BCUT2D eigenvalue weighted by Crippen LogP contribution is 2.60. The fourth-order valence-corrected chi connectivity index (χ4v) is 6.79. The summed E-state index contributed by atoms with van der Waals surface area (Å²) in [6.45, 7) is 4.03. The zero-order chi connectivity index (χ0) is 20.0. The second kappa shape index (κ2) is 7.33. The van der Waals surface area contributed by atoms with Crippen LogP contribution in [-0.2, 0) is 14.3 Å². The molecule has 5 fully saturated rings. The van der Waals surface area contributed by atoms with Crippen molar-refractivity contribution >= 4 is 23.3 Å². The number of benzene rings is 1. The van der Waals surface area contributed by atoms with Crippen LogP contribution in [0.15, 0.2) is 18.2 Å². The van der Waals surface area contributed by atoms with E-state index >= 15 is 0 Å². The molecule has 4 aliphatic carbocycles. The second-order valence-corrected chi connectivity index (χ2v) is 10.0. The number of nitrogens with zero attached hydrogens (tertiary/aromatic N) is 1. The Morgan fingerprint density at radius 1 is 1.07 bits per heavy atom. The Labute approximate surface area is 173 Å². The van der Waals surface area contributed by atoms with E-state index in [4.69, 9.17) is 4.74 Å². The molecule has 5 nitrogen and oxygen atoms in total. The molecule has 4 bridgehead atoms. The van der Waals surface area contributed by atoms with Gasteiger partial charge in [-0.05, 0) is 99.8 Å². The summed E-state index contributed by atoms with van der Waals surface area (Å²) >= 11 is 0. The van der Waals surface area contributed by atoms with Crippen LogP contribution in [0, 0.1) is 30.1 Å². The van der Waals surface area contributed by atoms with Crippen molar-refractivity contribution < 1.29 is 14.3 Å². The highest BCUT2D eigenvalue weighted by Gasteiger charge is 2.55. The van der Waals surface area contributed by atoms with Crippen molar-refractivity contribution in [3.05, 3.63) is 23.8 Å². The number of anilines is 2. The quantitative estimate of drug-likeness (QED) is 0.754. The van der Waals surface area contributed by atoms with Crippen LogP contribution < -0.4 is 10.2 Å². The molecule has 4 saturated carbocycles. The number of hydrogen-bond donors (Lipinski definition) is 1. The van der Waals surface area contributed by atoms with Gasteiger partial charge >= 0.3 is 5.97 Å². The van der Waals surface area contributed by atoms with Crippen LogP contribution in [0.25, 0.3) is 0 Å². The first kappa shape index (κ1) is 19.0. The third kappa shape index (κ3) is 3.64. The van der Waals surface area contributed by atoms with Gasteiger partial charge in [-0.3, -0.25) is 9.59 Å². The summed E-state index contributed by atoms with van der Waals surface area (Å²) in [4.78, 5) is 27.7. The Morgan fingerprint density at radius 3 is 2.28 bits per heavy atom. The molecule has 6 rings (SSSR count). The minimum atomic E-state index is -0.303. The molecule has 1 aromatic carbocycles. The molecule has 0 atom stereocenters. The van der Waals surface area contributed by atoms with Crippen molar-refractivity contribution in [2.75, 3.05) is 29.9 Å². The Bertz CT molecular complexity index is 777. The fourth-order valence-electron chi connectivity index (χ4n) is 6.79.